The summed E-state index contributed by atoms with van der Waals surface area (Å²) in [6, 6.07) is 19.5. The molecule has 1 atom stereocenters. The van der Waals surface area contributed by atoms with Gasteiger partial charge in [-0.25, -0.2) is 12.8 Å². The van der Waals surface area contributed by atoms with E-state index in [2.05, 4.69) is 0 Å². The normalized spacial score (nSPS) is 12.7. The lowest BCUT2D eigenvalue weighted by molar-refractivity contribution is 0.309. The molecule has 0 amide bonds. The summed E-state index contributed by atoms with van der Waals surface area (Å²) in [6.45, 7) is 1.94. The molecule has 7 heteroatoms. The molecular weight excluding hydrogens is 425 g/mol. The molecular formula is C23H23ClFNO3S. The molecule has 0 heterocycles. The number of hydrogen-bond donors (Lipinski definition) is 0. The largest absolute Gasteiger partial charge is 0.494 e. The van der Waals surface area contributed by atoms with Crippen molar-refractivity contribution < 1.29 is 17.5 Å². The summed E-state index contributed by atoms with van der Waals surface area (Å²) in [4.78, 5) is 0.135. The second-order valence-corrected chi connectivity index (χ2v) is 9.13. The summed E-state index contributed by atoms with van der Waals surface area (Å²) < 4.78 is 47.8. The summed E-state index contributed by atoms with van der Waals surface area (Å²) in [5, 5.41) is 0.452. The van der Waals surface area contributed by atoms with E-state index in [1.54, 1.807) is 18.2 Å². The van der Waals surface area contributed by atoms with Crippen LogP contribution in [0.25, 0.3) is 0 Å². The van der Waals surface area contributed by atoms with Crippen LogP contribution in [0.5, 0.6) is 5.75 Å². The highest BCUT2D eigenvalue weighted by Gasteiger charge is 2.32. The molecule has 3 rings (SSSR count). The Labute approximate surface area is 181 Å². The molecule has 0 radical (unpaired) electrons. The van der Waals surface area contributed by atoms with Gasteiger partial charge in [-0.3, -0.25) is 0 Å². The Morgan fingerprint density at radius 3 is 2.27 bits per heavy atom. The maximum absolute atomic E-state index is 14.3. The Hall–Kier alpha value is -2.41. The fraction of sp³-hybridized carbons (Fsp3) is 0.217. The minimum absolute atomic E-state index is 0.0132. The molecule has 0 aromatic heterocycles. The van der Waals surface area contributed by atoms with Crippen molar-refractivity contribution in [3.63, 3.8) is 0 Å². The smallest absolute Gasteiger partial charge is 0.243 e. The van der Waals surface area contributed by atoms with Gasteiger partial charge in [0.2, 0.25) is 10.0 Å². The van der Waals surface area contributed by atoms with E-state index in [4.69, 9.17) is 16.3 Å². The van der Waals surface area contributed by atoms with Crippen molar-refractivity contribution in [1.82, 2.24) is 4.31 Å². The third-order valence-corrected chi connectivity index (χ3v) is 7.01. The molecule has 4 nitrogen and oxygen atoms in total. The second kappa shape index (κ2) is 9.60. The standard InChI is InChI=1S/C23H23ClFNO3S/c1-3-22(18-7-5-4-6-8-18)26(16-17-9-14-23(29-2)21(25)15-17)30(27,28)20-12-10-19(24)11-13-20/h4-15,22H,3,16H2,1-2H3. The van der Waals surface area contributed by atoms with E-state index in [1.807, 2.05) is 37.3 Å². The van der Waals surface area contributed by atoms with Crippen LogP contribution in [-0.4, -0.2) is 19.8 Å². The lowest BCUT2D eigenvalue weighted by Crippen LogP contribution is -2.34. The second-order valence-electron chi connectivity index (χ2n) is 6.81. The van der Waals surface area contributed by atoms with Gasteiger partial charge in [0.15, 0.2) is 11.6 Å². The average Bonchev–Trinajstić information content (AvgIpc) is 2.75. The van der Waals surface area contributed by atoms with Crippen LogP contribution in [0.4, 0.5) is 4.39 Å². The van der Waals surface area contributed by atoms with Gasteiger partial charge in [-0.15, -0.1) is 0 Å². The summed E-state index contributed by atoms with van der Waals surface area (Å²) in [5.74, 6) is -0.424. The third kappa shape index (κ3) is 4.83. The molecule has 1 unspecified atom stereocenters. The van der Waals surface area contributed by atoms with Gasteiger partial charge in [0, 0.05) is 11.6 Å². The molecule has 0 saturated carbocycles. The van der Waals surface area contributed by atoms with Gasteiger partial charge in [-0.05, 0) is 53.9 Å². The summed E-state index contributed by atoms with van der Waals surface area (Å²) >= 11 is 5.94. The van der Waals surface area contributed by atoms with E-state index in [1.165, 1.54) is 35.7 Å². The molecule has 3 aromatic rings. The Bertz CT molecular complexity index is 1090. The first kappa shape index (κ1) is 22.3. The molecule has 0 saturated heterocycles. The van der Waals surface area contributed by atoms with Crippen LogP contribution in [0.3, 0.4) is 0 Å². The SMILES string of the molecule is CCC(c1ccccc1)N(Cc1ccc(OC)c(F)c1)S(=O)(=O)c1ccc(Cl)cc1. The number of hydrogen-bond acceptors (Lipinski definition) is 3. The van der Waals surface area contributed by atoms with Gasteiger partial charge < -0.3 is 4.74 Å². The molecule has 0 aliphatic rings. The third-order valence-electron chi connectivity index (χ3n) is 4.89. The molecule has 0 aliphatic heterocycles. The summed E-state index contributed by atoms with van der Waals surface area (Å²) in [5.41, 5.74) is 1.40. The van der Waals surface area contributed by atoms with Crippen molar-refractivity contribution in [2.45, 2.75) is 30.8 Å². The number of nitrogens with zero attached hydrogens (tertiary/aromatic N) is 1. The van der Waals surface area contributed by atoms with Gasteiger partial charge in [0.05, 0.1) is 18.0 Å². The van der Waals surface area contributed by atoms with Crippen LogP contribution in [0, 0.1) is 5.82 Å². The van der Waals surface area contributed by atoms with Crippen LogP contribution >= 0.6 is 11.6 Å². The van der Waals surface area contributed by atoms with Gasteiger partial charge in [0.25, 0.3) is 0 Å². The Morgan fingerprint density at radius 1 is 1.03 bits per heavy atom. The Morgan fingerprint density at radius 2 is 1.70 bits per heavy atom. The van der Waals surface area contributed by atoms with Crippen molar-refractivity contribution >= 4 is 21.6 Å². The molecule has 0 N–H and O–H groups in total. The number of ether oxygens (including phenoxy) is 1. The number of halogens is 2. The maximum atomic E-state index is 14.3. The van der Waals surface area contributed by atoms with Crippen LogP contribution in [0.15, 0.2) is 77.7 Å². The highest BCUT2D eigenvalue weighted by Crippen LogP contribution is 2.33. The lowest BCUT2D eigenvalue weighted by Gasteiger charge is -2.31. The highest BCUT2D eigenvalue weighted by atomic mass is 35.5. The van der Waals surface area contributed by atoms with E-state index in [9.17, 15) is 12.8 Å². The van der Waals surface area contributed by atoms with E-state index in [0.29, 0.717) is 17.0 Å². The lowest BCUT2D eigenvalue weighted by atomic mass is 10.0. The van der Waals surface area contributed by atoms with Gasteiger partial charge in [0.1, 0.15) is 0 Å². The van der Waals surface area contributed by atoms with Crippen LogP contribution in [-0.2, 0) is 16.6 Å². The van der Waals surface area contributed by atoms with Crippen LogP contribution in [0.2, 0.25) is 5.02 Å². The van der Waals surface area contributed by atoms with Crippen LogP contribution < -0.4 is 4.74 Å². The predicted octanol–water partition coefficient (Wildman–Crippen LogP) is 5.83. The molecule has 0 aliphatic carbocycles. The average molecular weight is 448 g/mol. The molecule has 0 spiro atoms. The first-order valence-electron chi connectivity index (χ1n) is 9.51. The Balaban J connectivity index is 2.08. The fourth-order valence-corrected chi connectivity index (χ4v) is 5.18. The molecule has 0 bridgehead atoms. The van der Waals surface area contributed by atoms with Gasteiger partial charge in [-0.1, -0.05) is 54.9 Å². The van der Waals surface area contributed by atoms with E-state index in [-0.39, 0.29) is 17.2 Å². The molecule has 3 aromatic carbocycles. The van der Waals surface area contributed by atoms with Crippen molar-refractivity contribution in [1.29, 1.82) is 0 Å². The van der Waals surface area contributed by atoms with Crippen molar-refractivity contribution in [2.75, 3.05) is 7.11 Å². The number of methoxy groups -OCH3 is 1. The number of sulfonamides is 1. The van der Waals surface area contributed by atoms with E-state index in [0.717, 1.165) is 5.56 Å². The zero-order chi connectivity index (χ0) is 21.7. The van der Waals surface area contributed by atoms with E-state index >= 15 is 0 Å². The van der Waals surface area contributed by atoms with Crippen molar-refractivity contribution in [2.24, 2.45) is 0 Å². The molecule has 30 heavy (non-hydrogen) atoms. The van der Waals surface area contributed by atoms with Crippen molar-refractivity contribution in [3.05, 3.63) is 94.8 Å². The molecule has 158 valence electrons. The quantitative estimate of drug-likeness (QED) is 0.436. The monoisotopic (exact) mass is 447 g/mol. The predicted molar refractivity (Wildman–Crippen MR) is 117 cm³/mol. The summed E-state index contributed by atoms with van der Waals surface area (Å²) in [7, 11) is -2.50. The fourth-order valence-electron chi connectivity index (χ4n) is 3.37. The van der Waals surface area contributed by atoms with Gasteiger partial charge in [-0.2, -0.15) is 4.31 Å². The Kier molecular flexibility index (Phi) is 7.13. The van der Waals surface area contributed by atoms with Gasteiger partial charge >= 0.3 is 0 Å². The first-order valence-corrected chi connectivity index (χ1v) is 11.3. The highest BCUT2D eigenvalue weighted by molar-refractivity contribution is 7.89. The molecule has 0 fully saturated rings. The number of rotatable bonds is 8. The topological polar surface area (TPSA) is 46.6 Å². The van der Waals surface area contributed by atoms with Crippen molar-refractivity contribution in [3.8, 4) is 5.75 Å². The zero-order valence-electron chi connectivity index (χ0n) is 16.8. The summed E-state index contributed by atoms with van der Waals surface area (Å²) in [6.07, 6.45) is 0.551. The van der Waals surface area contributed by atoms with E-state index < -0.39 is 21.9 Å². The number of benzene rings is 3. The minimum Gasteiger partial charge on any atom is -0.494 e. The zero-order valence-corrected chi connectivity index (χ0v) is 18.3. The maximum Gasteiger partial charge on any atom is 0.243 e. The minimum atomic E-state index is -3.88. The first-order chi connectivity index (χ1) is 14.4. The van der Waals surface area contributed by atoms with Crippen LogP contribution in [0.1, 0.15) is 30.5 Å².